The minimum atomic E-state index is -0.459. The number of hydrazone groups is 1. The molecular weight excluding hydrogens is 564 g/mol. The van der Waals surface area contributed by atoms with E-state index in [4.69, 9.17) is 19.2 Å². The monoisotopic (exact) mass is 592 g/mol. The lowest BCUT2D eigenvalue weighted by atomic mass is 10.2. The number of nitrogens with one attached hydrogen (secondary N) is 1. The summed E-state index contributed by atoms with van der Waals surface area (Å²) in [7, 11) is 1.46. The molecule has 41 heavy (non-hydrogen) atoms. The van der Waals surface area contributed by atoms with Gasteiger partial charge < -0.3 is 14.2 Å². The molecule has 0 radical (unpaired) electrons. The number of aryl methyl sites for hydroxylation is 2. The van der Waals surface area contributed by atoms with Gasteiger partial charge in [-0.15, -0.1) is 11.3 Å². The molecule has 0 atom stereocenters. The van der Waals surface area contributed by atoms with Crippen molar-refractivity contribution in [2.45, 2.75) is 38.3 Å². The molecule has 0 aliphatic heterocycles. The molecule has 2 heterocycles. The van der Waals surface area contributed by atoms with Gasteiger partial charge in [-0.2, -0.15) is 5.10 Å². The van der Waals surface area contributed by atoms with Crippen LogP contribution in [0, 0.1) is 0 Å². The van der Waals surface area contributed by atoms with Crippen molar-refractivity contribution in [2.75, 3.05) is 19.5 Å². The van der Waals surface area contributed by atoms with Crippen LogP contribution in [-0.4, -0.2) is 47.1 Å². The Morgan fingerprint density at radius 3 is 2.71 bits per heavy atom. The smallest absolute Gasteiger partial charge is 0.308 e. The number of benzene rings is 2. The molecule has 2 aromatic heterocycles. The Hall–Kier alpha value is -4.16. The van der Waals surface area contributed by atoms with Gasteiger partial charge in [-0.05, 0) is 79.8 Å². The molecule has 0 unspecified atom stereocenters. The third-order valence-corrected chi connectivity index (χ3v) is 8.41. The van der Waals surface area contributed by atoms with Crippen LogP contribution in [-0.2, 0) is 22.4 Å². The summed E-state index contributed by atoms with van der Waals surface area (Å²) in [5.74, 6) is 0.526. The number of methoxy groups -OCH3 is 1. The Morgan fingerprint density at radius 2 is 1.98 bits per heavy atom. The lowest BCUT2D eigenvalue weighted by molar-refractivity contribution is -0.132. The fraction of sp³-hybridized carbons (Fsp3) is 0.276. The number of carbonyl (C=O) groups is 2. The van der Waals surface area contributed by atoms with E-state index in [2.05, 4.69) is 10.5 Å². The average molecular weight is 593 g/mol. The zero-order chi connectivity index (χ0) is 28.9. The Kier molecular flexibility index (Phi) is 8.70. The highest BCUT2D eigenvalue weighted by Gasteiger charge is 2.24. The van der Waals surface area contributed by atoms with Crippen LogP contribution in [0.4, 0.5) is 0 Å². The first-order valence-electron chi connectivity index (χ1n) is 13.0. The minimum absolute atomic E-state index is 0.00782. The molecule has 10 nitrogen and oxygen atoms in total. The van der Waals surface area contributed by atoms with Crippen LogP contribution in [0.1, 0.15) is 36.3 Å². The topological polar surface area (TPSA) is 121 Å². The number of esters is 1. The maximum atomic E-state index is 13.8. The van der Waals surface area contributed by atoms with Crippen molar-refractivity contribution < 1.29 is 23.8 Å². The predicted molar refractivity (Wildman–Crippen MR) is 159 cm³/mol. The van der Waals surface area contributed by atoms with E-state index in [1.807, 2.05) is 31.2 Å². The molecule has 0 saturated heterocycles. The van der Waals surface area contributed by atoms with Crippen LogP contribution in [0.15, 0.2) is 57.5 Å². The Bertz CT molecular complexity index is 1690. The van der Waals surface area contributed by atoms with Crippen molar-refractivity contribution in [1.82, 2.24) is 15.0 Å². The molecule has 1 aliphatic carbocycles. The summed E-state index contributed by atoms with van der Waals surface area (Å²) < 4.78 is 17.5. The predicted octanol–water partition coefficient (Wildman–Crippen LogP) is 4.51. The Labute approximate surface area is 244 Å². The number of fused-ring (bicyclic) bond motifs is 3. The number of aromatic nitrogens is 2. The molecule has 1 amide bonds. The van der Waals surface area contributed by atoms with Crippen LogP contribution < -0.4 is 25.2 Å². The van der Waals surface area contributed by atoms with E-state index in [-0.39, 0.29) is 23.0 Å². The summed E-state index contributed by atoms with van der Waals surface area (Å²) >= 11 is 2.73. The molecule has 12 heteroatoms. The van der Waals surface area contributed by atoms with Crippen LogP contribution >= 0.6 is 23.1 Å². The molecule has 0 bridgehead atoms. The van der Waals surface area contributed by atoms with E-state index in [0.717, 1.165) is 24.8 Å². The van der Waals surface area contributed by atoms with E-state index in [1.54, 1.807) is 34.1 Å². The SMILES string of the molecule is CCOc1ccc(-n2c(SCC(=O)NN=Cc3ccc(OC(C)=O)c(OC)c3)nc3sc4c(c3c2=O)CCC4)cc1. The maximum absolute atomic E-state index is 13.8. The molecule has 0 fully saturated rings. The van der Waals surface area contributed by atoms with Gasteiger partial charge in [0.25, 0.3) is 11.5 Å². The lowest BCUT2D eigenvalue weighted by Crippen LogP contribution is -2.24. The van der Waals surface area contributed by atoms with Gasteiger partial charge in [-0.25, -0.2) is 10.4 Å². The number of thioether (sulfide) groups is 1. The summed E-state index contributed by atoms with van der Waals surface area (Å²) in [6.07, 6.45) is 4.33. The van der Waals surface area contributed by atoms with Gasteiger partial charge in [-0.3, -0.25) is 19.0 Å². The van der Waals surface area contributed by atoms with Crippen molar-refractivity contribution >= 4 is 51.4 Å². The summed E-state index contributed by atoms with van der Waals surface area (Å²) in [4.78, 5) is 44.5. The van der Waals surface area contributed by atoms with E-state index in [9.17, 15) is 14.4 Å². The normalized spacial score (nSPS) is 12.5. The third kappa shape index (κ3) is 6.28. The maximum Gasteiger partial charge on any atom is 0.308 e. The van der Waals surface area contributed by atoms with Gasteiger partial charge >= 0.3 is 5.97 Å². The second-order valence-electron chi connectivity index (χ2n) is 9.09. The zero-order valence-corrected chi connectivity index (χ0v) is 24.4. The van der Waals surface area contributed by atoms with Crippen molar-refractivity contribution in [3.8, 4) is 22.9 Å². The van der Waals surface area contributed by atoms with Crippen LogP contribution in [0.2, 0.25) is 0 Å². The molecule has 1 N–H and O–H groups in total. The number of hydrogen-bond acceptors (Lipinski definition) is 10. The van der Waals surface area contributed by atoms with Crippen LogP contribution in [0.3, 0.4) is 0 Å². The number of hydrogen-bond donors (Lipinski definition) is 1. The van der Waals surface area contributed by atoms with Gasteiger partial charge in [0.05, 0.1) is 36.8 Å². The molecule has 5 rings (SSSR count). The van der Waals surface area contributed by atoms with E-state index in [0.29, 0.717) is 44.7 Å². The third-order valence-electron chi connectivity index (χ3n) is 6.29. The first-order chi connectivity index (χ1) is 19.9. The van der Waals surface area contributed by atoms with Gasteiger partial charge in [0.15, 0.2) is 16.7 Å². The summed E-state index contributed by atoms with van der Waals surface area (Å²) in [6, 6.07) is 12.2. The van der Waals surface area contributed by atoms with Gasteiger partial charge in [0.1, 0.15) is 10.6 Å². The number of rotatable bonds is 10. The molecule has 0 saturated carbocycles. The Balaban J connectivity index is 1.35. The van der Waals surface area contributed by atoms with Gasteiger partial charge in [-0.1, -0.05) is 11.8 Å². The summed E-state index contributed by atoms with van der Waals surface area (Å²) in [5.41, 5.74) is 4.75. The molecule has 0 spiro atoms. The van der Waals surface area contributed by atoms with E-state index >= 15 is 0 Å². The minimum Gasteiger partial charge on any atom is -0.494 e. The molecule has 4 aromatic rings. The zero-order valence-electron chi connectivity index (χ0n) is 22.8. The van der Waals surface area contributed by atoms with Gasteiger partial charge in [0, 0.05) is 11.8 Å². The average Bonchev–Trinajstić information content (AvgIpc) is 3.54. The van der Waals surface area contributed by atoms with Crippen molar-refractivity contribution in [3.63, 3.8) is 0 Å². The number of ether oxygens (including phenoxy) is 3. The summed E-state index contributed by atoms with van der Waals surface area (Å²) in [5, 5.41) is 5.13. The second-order valence-corrected chi connectivity index (χ2v) is 11.1. The standard InChI is InChI=1S/C29H28N4O6S2/c1-4-38-20-11-9-19(10-12-20)33-28(36)26-21-6-5-7-24(21)41-27(26)31-29(33)40-16-25(35)32-30-15-18-8-13-22(39-17(2)34)23(14-18)37-3/h8-15H,4-7,16H2,1-3H3,(H,32,35). The van der Waals surface area contributed by atoms with E-state index < -0.39 is 5.97 Å². The van der Waals surface area contributed by atoms with E-state index in [1.165, 1.54) is 36.9 Å². The lowest BCUT2D eigenvalue weighted by Gasteiger charge is -2.13. The quantitative estimate of drug-likeness (QED) is 0.0713. The Morgan fingerprint density at radius 1 is 1.17 bits per heavy atom. The second kappa shape index (κ2) is 12.6. The molecule has 1 aliphatic rings. The summed E-state index contributed by atoms with van der Waals surface area (Å²) in [6.45, 7) is 3.76. The van der Waals surface area contributed by atoms with Crippen molar-refractivity contribution in [2.24, 2.45) is 5.10 Å². The number of carbonyl (C=O) groups excluding carboxylic acids is 2. The first-order valence-corrected chi connectivity index (χ1v) is 14.8. The fourth-order valence-electron chi connectivity index (χ4n) is 4.55. The highest BCUT2D eigenvalue weighted by Crippen LogP contribution is 2.36. The molecule has 212 valence electrons. The molecule has 2 aromatic carbocycles. The number of thiophene rings is 1. The van der Waals surface area contributed by atoms with Crippen LogP contribution in [0.25, 0.3) is 15.9 Å². The number of nitrogens with zero attached hydrogens (tertiary/aromatic N) is 3. The highest BCUT2D eigenvalue weighted by molar-refractivity contribution is 7.99. The number of amides is 1. The van der Waals surface area contributed by atoms with Crippen molar-refractivity contribution in [3.05, 3.63) is 68.8 Å². The van der Waals surface area contributed by atoms with Crippen LogP contribution in [0.5, 0.6) is 17.2 Å². The fourth-order valence-corrected chi connectivity index (χ4v) is 6.66. The van der Waals surface area contributed by atoms with Crippen molar-refractivity contribution in [1.29, 1.82) is 0 Å². The largest absolute Gasteiger partial charge is 0.494 e. The highest BCUT2D eigenvalue weighted by atomic mass is 32.2. The first kappa shape index (κ1) is 28.4. The van der Waals surface area contributed by atoms with Gasteiger partial charge in [0.2, 0.25) is 0 Å². The molecular formula is C29H28N4O6S2.